The van der Waals surface area contributed by atoms with Crippen molar-refractivity contribution >= 4 is 23.9 Å². The Morgan fingerprint density at radius 2 is 1.45 bits per heavy atom. The van der Waals surface area contributed by atoms with E-state index in [-0.39, 0.29) is 45.2 Å². The first kappa shape index (κ1) is 28.8. The Labute approximate surface area is 243 Å². The number of carbonyl (C=O) groups is 4. The fourth-order valence-corrected chi connectivity index (χ4v) is 5.39. The fraction of sp³-hybridized carbons (Fsp3) is 0.312. The number of rotatable bonds is 10. The number of ether oxygens (including phenoxy) is 3. The zero-order valence-corrected chi connectivity index (χ0v) is 22.9. The molecular formula is C32H32N2O8. The van der Waals surface area contributed by atoms with Gasteiger partial charge in [-0.1, -0.05) is 78.9 Å². The van der Waals surface area contributed by atoms with E-state index < -0.39 is 41.9 Å². The lowest BCUT2D eigenvalue weighted by Gasteiger charge is -2.35. The number of hydrogen-bond donors (Lipinski definition) is 3. The number of esters is 1. The van der Waals surface area contributed by atoms with Gasteiger partial charge in [0.2, 0.25) is 5.91 Å². The van der Waals surface area contributed by atoms with Gasteiger partial charge in [0.1, 0.15) is 24.8 Å². The highest BCUT2D eigenvalue weighted by molar-refractivity contribution is 5.93. The first-order valence-corrected chi connectivity index (χ1v) is 13.8. The lowest BCUT2D eigenvalue weighted by Crippen LogP contribution is -2.61. The van der Waals surface area contributed by atoms with E-state index in [0.29, 0.717) is 0 Å². The highest BCUT2D eigenvalue weighted by Crippen LogP contribution is 2.44. The normalized spacial score (nSPS) is 15.9. The summed E-state index contributed by atoms with van der Waals surface area (Å²) in [5.74, 6) is -2.99. The molecule has 0 unspecified atom stereocenters. The summed E-state index contributed by atoms with van der Waals surface area (Å²) in [5, 5.41) is 14.9. The molecule has 1 aliphatic heterocycles. The predicted octanol–water partition coefficient (Wildman–Crippen LogP) is 3.78. The van der Waals surface area contributed by atoms with E-state index in [9.17, 15) is 24.3 Å². The number of benzene rings is 3. The second-order valence-electron chi connectivity index (χ2n) is 10.4. The van der Waals surface area contributed by atoms with Crippen molar-refractivity contribution in [2.24, 2.45) is 0 Å². The quantitative estimate of drug-likeness (QED) is 0.312. The molecule has 3 aromatic carbocycles. The van der Waals surface area contributed by atoms with Crippen LogP contribution in [0.3, 0.4) is 0 Å². The van der Waals surface area contributed by atoms with Crippen molar-refractivity contribution in [3.63, 3.8) is 0 Å². The first-order valence-electron chi connectivity index (χ1n) is 13.8. The zero-order valence-electron chi connectivity index (χ0n) is 22.9. The number of alkyl carbamates (subject to hydrolysis) is 1. The molecule has 2 amide bonds. The van der Waals surface area contributed by atoms with Gasteiger partial charge in [-0.3, -0.25) is 9.59 Å². The largest absolute Gasteiger partial charge is 0.480 e. The van der Waals surface area contributed by atoms with Gasteiger partial charge in [-0.05, 0) is 27.8 Å². The molecule has 10 heteroatoms. The van der Waals surface area contributed by atoms with Gasteiger partial charge in [-0.15, -0.1) is 0 Å². The summed E-state index contributed by atoms with van der Waals surface area (Å²) in [4.78, 5) is 51.2. The second kappa shape index (κ2) is 12.9. The third-order valence-corrected chi connectivity index (χ3v) is 7.68. The average molecular weight is 573 g/mol. The number of fused-ring (bicyclic) bond motifs is 3. The Balaban J connectivity index is 1.27. The molecule has 1 saturated heterocycles. The number of carbonyl (C=O) groups excluding carboxylic acids is 3. The van der Waals surface area contributed by atoms with E-state index >= 15 is 0 Å². The van der Waals surface area contributed by atoms with Crippen LogP contribution in [0, 0.1) is 0 Å². The zero-order chi connectivity index (χ0) is 29.5. The van der Waals surface area contributed by atoms with Crippen LogP contribution in [0.25, 0.3) is 11.1 Å². The maximum atomic E-state index is 13.4. The van der Waals surface area contributed by atoms with E-state index in [1.54, 1.807) is 24.3 Å². The van der Waals surface area contributed by atoms with Gasteiger partial charge >= 0.3 is 18.0 Å². The van der Waals surface area contributed by atoms with Crippen molar-refractivity contribution in [1.82, 2.24) is 10.6 Å². The minimum atomic E-state index is -1.58. The minimum absolute atomic E-state index is 0.00303. The Morgan fingerprint density at radius 1 is 0.857 bits per heavy atom. The molecule has 1 heterocycles. The third kappa shape index (κ3) is 6.44. The van der Waals surface area contributed by atoms with E-state index in [1.807, 2.05) is 54.6 Å². The van der Waals surface area contributed by atoms with Crippen LogP contribution in [0.15, 0.2) is 78.9 Å². The van der Waals surface area contributed by atoms with Gasteiger partial charge in [0, 0.05) is 32.0 Å². The highest BCUT2D eigenvalue weighted by atomic mass is 16.6. The van der Waals surface area contributed by atoms with Crippen LogP contribution in [0.2, 0.25) is 0 Å². The number of carboxylic acids is 1. The Hall–Kier alpha value is -4.70. The molecule has 0 saturated carbocycles. The van der Waals surface area contributed by atoms with Crippen LogP contribution in [-0.2, 0) is 35.2 Å². The molecule has 10 nitrogen and oxygen atoms in total. The summed E-state index contributed by atoms with van der Waals surface area (Å²) in [6, 6.07) is 23.3. The maximum Gasteiger partial charge on any atom is 0.407 e. The molecule has 5 rings (SSSR count). The van der Waals surface area contributed by atoms with Crippen LogP contribution in [0.5, 0.6) is 0 Å². The van der Waals surface area contributed by atoms with Crippen molar-refractivity contribution in [3.8, 4) is 11.1 Å². The summed E-state index contributed by atoms with van der Waals surface area (Å²) in [6.07, 6.45) is -1.34. The van der Waals surface area contributed by atoms with Crippen LogP contribution < -0.4 is 10.6 Å². The van der Waals surface area contributed by atoms with Crippen molar-refractivity contribution in [3.05, 3.63) is 95.6 Å². The van der Waals surface area contributed by atoms with E-state index in [1.165, 1.54) is 0 Å². The predicted molar refractivity (Wildman–Crippen MR) is 151 cm³/mol. The molecule has 0 aromatic heterocycles. The molecule has 42 heavy (non-hydrogen) atoms. The highest BCUT2D eigenvalue weighted by Gasteiger charge is 2.43. The SMILES string of the molecule is O=C(C[C@H](NC(=O)OCC1c2ccccc2-c2ccccc21)C(=O)NC1(C(=O)O)CCOCC1)OCc1ccccc1. The first-order chi connectivity index (χ1) is 20.4. The van der Waals surface area contributed by atoms with Gasteiger partial charge in [0.15, 0.2) is 0 Å². The summed E-state index contributed by atoms with van der Waals surface area (Å²) >= 11 is 0. The molecule has 1 fully saturated rings. The molecule has 1 aliphatic carbocycles. The molecular weight excluding hydrogens is 540 g/mol. The molecule has 2 aliphatic rings. The fourth-order valence-electron chi connectivity index (χ4n) is 5.39. The van der Waals surface area contributed by atoms with E-state index in [0.717, 1.165) is 27.8 Å². The summed E-state index contributed by atoms with van der Waals surface area (Å²) < 4.78 is 16.2. The van der Waals surface area contributed by atoms with Crippen molar-refractivity contribution in [1.29, 1.82) is 0 Å². The average Bonchev–Trinajstić information content (AvgIpc) is 3.33. The van der Waals surface area contributed by atoms with E-state index in [4.69, 9.17) is 14.2 Å². The molecule has 1 atom stereocenters. The van der Waals surface area contributed by atoms with Crippen LogP contribution >= 0.6 is 0 Å². The van der Waals surface area contributed by atoms with Crippen molar-refractivity contribution < 1.29 is 38.5 Å². The molecule has 0 spiro atoms. The summed E-state index contributed by atoms with van der Waals surface area (Å²) in [5.41, 5.74) is 3.35. The minimum Gasteiger partial charge on any atom is -0.480 e. The lowest BCUT2D eigenvalue weighted by atomic mass is 9.89. The second-order valence-corrected chi connectivity index (χ2v) is 10.4. The Bertz CT molecular complexity index is 1410. The molecule has 0 bridgehead atoms. The van der Waals surface area contributed by atoms with Crippen molar-refractivity contribution in [2.75, 3.05) is 19.8 Å². The third-order valence-electron chi connectivity index (χ3n) is 7.68. The number of amides is 2. The van der Waals surface area contributed by atoms with Gasteiger partial charge in [-0.25, -0.2) is 9.59 Å². The maximum absolute atomic E-state index is 13.4. The smallest absolute Gasteiger partial charge is 0.407 e. The molecule has 218 valence electrons. The Morgan fingerprint density at radius 3 is 2.07 bits per heavy atom. The van der Waals surface area contributed by atoms with Crippen LogP contribution in [-0.4, -0.2) is 60.4 Å². The van der Waals surface area contributed by atoms with Gasteiger partial charge < -0.3 is 30.0 Å². The Kier molecular flexibility index (Phi) is 8.83. The molecule has 3 N–H and O–H groups in total. The number of carboxylic acid groups (broad SMARTS) is 1. The van der Waals surface area contributed by atoms with Gasteiger partial charge in [-0.2, -0.15) is 0 Å². The monoisotopic (exact) mass is 572 g/mol. The summed E-state index contributed by atoms with van der Waals surface area (Å²) in [6.45, 7) is 0.282. The van der Waals surface area contributed by atoms with Gasteiger partial charge in [0.05, 0.1) is 6.42 Å². The molecule has 3 aromatic rings. The molecule has 0 radical (unpaired) electrons. The number of hydrogen-bond acceptors (Lipinski definition) is 7. The summed E-state index contributed by atoms with van der Waals surface area (Å²) in [7, 11) is 0. The van der Waals surface area contributed by atoms with Gasteiger partial charge in [0.25, 0.3) is 0 Å². The number of nitrogens with one attached hydrogen (secondary N) is 2. The topological polar surface area (TPSA) is 140 Å². The number of aliphatic carboxylic acids is 1. The lowest BCUT2D eigenvalue weighted by molar-refractivity contribution is -0.153. The van der Waals surface area contributed by atoms with Crippen molar-refractivity contribution in [2.45, 2.75) is 43.4 Å². The standard InChI is InChI=1S/C32H32N2O8/c35-28(41-19-21-8-2-1-3-9-21)18-27(29(36)34-32(30(37)38)14-16-40-17-15-32)33-31(39)42-20-26-24-12-6-4-10-22(24)23-11-5-7-13-25(23)26/h1-13,26-27H,14-20H2,(H,33,39)(H,34,36)(H,37,38)/t27-/m0/s1. The van der Waals surface area contributed by atoms with Crippen LogP contribution in [0.1, 0.15) is 41.9 Å². The van der Waals surface area contributed by atoms with Crippen LogP contribution in [0.4, 0.5) is 4.79 Å². The van der Waals surface area contributed by atoms with E-state index in [2.05, 4.69) is 10.6 Å².